The Labute approximate surface area is 142 Å². The van der Waals surface area contributed by atoms with Crippen LogP contribution in [0.5, 0.6) is 0 Å². The molecule has 0 fully saturated rings. The summed E-state index contributed by atoms with van der Waals surface area (Å²) in [4.78, 5) is 0. The molecule has 4 nitrogen and oxygen atoms in total. The second-order valence-corrected chi connectivity index (χ2v) is 7.44. The maximum absolute atomic E-state index is 4.25. The lowest BCUT2D eigenvalue weighted by molar-refractivity contribution is 0.659. The molecule has 0 atom stereocenters. The van der Waals surface area contributed by atoms with Gasteiger partial charge in [0.2, 0.25) is 0 Å². The lowest BCUT2D eigenvalue weighted by atomic mass is 9.81. The number of hydrogen-bond acceptors (Lipinski definition) is 3. The summed E-state index contributed by atoms with van der Waals surface area (Å²) in [5.41, 5.74) is 7.85. The highest BCUT2D eigenvalue weighted by Gasteiger charge is 2.36. The molecule has 0 N–H and O–H groups in total. The number of benzene rings is 2. The third kappa shape index (κ3) is 1.95. The second kappa shape index (κ2) is 5.00. The monoisotopic (exact) mass is 318 g/mol. The van der Waals surface area contributed by atoms with Gasteiger partial charge in [-0.15, -0.1) is 5.10 Å². The van der Waals surface area contributed by atoms with E-state index in [4.69, 9.17) is 0 Å². The standard InChI is InChI=1S/C20H22N4/c1-12(2)14-10-15-13-8-6-7-9-17(13)20(3,4)18(15)11-16(14)19-21-22-23-24(19)5/h6-12H,1-5H3. The van der Waals surface area contributed by atoms with Crippen molar-refractivity contribution in [3.8, 4) is 22.5 Å². The van der Waals surface area contributed by atoms with Crippen LogP contribution in [0.25, 0.3) is 22.5 Å². The van der Waals surface area contributed by atoms with E-state index >= 15 is 0 Å². The summed E-state index contributed by atoms with van der Waals surface area (Å²) in [7, 11) is 1.90. The van der Waals surface area contributed by atoms with Crippen LogP contribution in [0.2, 0.25) is 0 Å². The van der Waals surface area contributed by atoms with E-state index < -0.39 is 0 Å². The van der Waals surface area contributed by atoms with Gasteiger partial charge in [0, 0.05) is 18.0 Å². The Morgan fingerprint density at radius 1 is 0.958 bits per heavy atom. The zero-order valence-corrected chi connectivity index (χ0v) is 14.8. The number of aromatic nitrogens is 4. The Balaban J connectivity index is 2.05. The van der Waals surface area contributed by atoms with Crippen LogP contribution in [0.15, 0.2) is 36.4 Å². The third-order valence-corrected chi connectivity index (χ3v) is 5.24. The first-order valence-electron chi connectivity index (χ1n) is 8.42. The van der Waals surface area contributed by atoms with E-state index in [1.807, 2.05) is 7.05 Å². The molecule has 3 aromatic rings. The summed E-state index contributed by atoms with van der Waals surface area (Å²) in [5.74, 6) is 1.23. The number of tetrazole rings is 1. The van der Waals surface area contributed by atoms with Crippen molar-refractivity contribution in [3.05, 3.63) is 53.1 Å². The summed E-state index contributed by atoms with van der Waals surface area (Å²) in [6, 6.07) is 13.4. The molecule has 0 aliphatic heterocycles. The lowest BCUT2D eigenvalue weighted by Crippen LogP contribution is -2.15. The first kappa shape index (κ1) is 15.1. The van der Waals surface area contributed by atoms with Crippen molar-refractivity contribution in [1.82, 2.24) is 20.2 Å². The zero-order valence-electron chi connectivity index (χ0n) is 14.8. The zero-order chi connectivity index (χ0) is 17.1. The van der Waals surface area contributed by atoms with E-state index in [0.29, 0.717) is 5.92 Å². The summed E-state index contributed by atoms with van der Waals surface area (Å²) in [6.07, 6.45) is 0. The fourth-order valence-corrected chi connectivity index (χ4v) is 3.89. The van der Waals surface area contributed by atoms with Gasteiger partial charge in [-0.05, 0) is 56.3 Å². The topological polar surface area (TPSA) is 43.6 Å². The van der Waals surface area contributed by atoms with Gasteiger partial charge in [0.1, 0.15) is 0 Å². The summed E-state index contributed by atoms with van der Waals surface area (Å²) >= 11 is 0. The Kier molecular flexibility index (Phi) is 3.14. The van der Waals surface area contributed by atoms with Crippen LogP contribution >= 0.6 is 0 Å². The fraction of sp³-hybridized carbons (Fsp3) is 0.350. The summed E-state index contributed by atoms with van der Waals surface area (Å²) < 4.78 is 1.75. The smallest absolute Gasteiger partial charge is 0.182 e. The van der Waals surface area contributed by atoms with Crippen molar-refractivity contribution in [2.24, 2.45) is 7.05 Å². The number of rotatable bonds is 2. The van der Waals surface area contributed by atoms with Gasteiger partial charge in [-0.1, -0.05) is 52.0 Å². The van der Waals surface area contributed by atoms with Crippen molar-refractivity contribution in [3.63, 3.8) is 0 Å². The van der Waals surface area contributed by atoms with Crippen LogP contribution in [0, 0.1) is 0 Å². The Hall–Kier alpha value is -2.49. The maximum Gasteiger partial charge on any atom is 0.182 e. The van der Waals surface area contributed by atoms with Crippen LogP contribution in [-0.2, 0) is 12.5 Å². The Morgan fingerprint density at radius 2 is 1.71 bits per heavy atom. The van der Waals surface area contributed by atoms with Crippen molar-refractivity contribution in [1.29, 1.82) is 0 Å². The molecule has 0 radical (unpaired) electrons. The van der Waals surface area contributed by atoms with E-state index in [1.54, 1.807) is 4.68 Å². The van der Waals surface area contributed by atoms with Gasteiger partial charge < -0.3 is 0 Å². The average Bonchev–Trinajstić information content (AvgIpc) is 3.07. The highest BCUT2D eigenvalue weighted by atomic mass is 15.5. The molecule has 1 aliphatic rings. The van der Waals surface area contributed by atoms with Crippen molar-refractivity contribution in [2.45, 2.75) is 39.0 Å². The minimum Gasteiger partial charge on any atom is -0.229 e. The van der Waals surface area contributed by atoms with Crippen molar-refractivity contribution >= 4 is 0 Å². The number of hydrogen-bond donors (Lipinski definition) is 0. The molecule has 0 saturated heterocycles. The summed E-state index contributed by atoms with van der Waals surface area (Å²) in [5, 5.41) is 12.1. The average molecular weight is 318 g/mol. The second-order valence-electron chi connectivity index (χ2n) is 7.44. The molecule has 2 aromatic carbocycles. The number of fused-ring (bicyclic) bond motifs is 3. The minimum atomic E-state index is -0.0117. The number of nitrogens with zero attached hydrogens (tertiary/aromatic N) is 4. The van der Waals surface area contributed by atoms with Crippen LogP contribution < -0.4 is 0 Å². The highest BCUT2D eigenvalue weighted by Crippen LogP contribution is 2.50. The van der Waals surface area contributed by atoms with E-state index in [-0.39, 0.29) is 5.41 Å². The first-order valence-corrected chi connectivity index (χ1v) is 8.42. The van der Waals surface area contributed by atoms with Gasteiger partial charge in [-0.3, -0.25) is 0 Å². The van der Waals surface area contributed by atoms with E-state index in [9.17, 15) is 0 Å². The van der Waals surface area contributed by atoms with Gasteiger partial charge in [0.25, 0.3) is 0 Å². The van der Waals surface area contributed by atoms with Crippen LogP contribution in [-0.4, -0.2) is 20.2 Å². The Morgan fingerprint density at radius 3 is 2.38 bits per heavy atom. The van der Waals surface area contributed by atoms with Crippen molar-refractivity contribution in [2.75, 3.05) is 0 Å². The molecule has 0 amide bonds. The number of aryl methyl sites for hydroxylation is 1. The van der Waals surface area contributed by atoms with E-state index in [2.05, 4.69) is 79.6 Å². The molecule has 24 heavy (non-hydrogen) atoms. The fourth-order valence-electron chi connectivity index (χ4n) is 3.89. The van der Waals surface area contributed by atoms with Crippen LogP contribution in [0.1, 0.15) is 50.3 Å². The molecule has 4 rings (SSSR count). The molecule has 0 bridgehead atoms. The SMILES string of the molecule is CC(C)c1cc2c(cc1-c1nnnn1C)C(C)(C)c1ccccc1-2. The molecular weight excluding hydrogens is 296 g/mol. The summed E-state index contributed by atoms with van der Waals surface area (Å²) in [6.45, 7) is 9.04. The minimum absolute atomic E-state index is 0.0117. The van der Waals surface area contributed by atoms with Gasteiger partial charge in [-0.25, -0.2) is 4.68 Å². The van der Waals surface area contributed by atoms with Gasteiger partial charge in [0.15, 0.2) is 5.82 Å². The largest absolute Gasteiger partial charge is 0.229 e. The molecule has 1 heterocycles. The van der Waals surface area contributed by atoms with E-state index in [0.717, 1.165) is 11.4 Å². The van der Waals surface area contributed by atoms with Gasteiger partial charge in [-0.2, -0.15) is 0 Å². The van der Waals surface area contributed by atoms with E-state index in [1.165, 1.54) is 27.8 Å². The molecular formula is C20H22N4. The van der Waals surface area contributed by atoms with Gasteiger partial charge in [0.05, 0.1) is 0 Å². The highest BCUT2D eigenvalue weighted by molar-refractivity contribution is 5.84. The normalized spacial score (nSPS) is 14.8. The maximum atomic E-state index is 4.25. The predicted octanol–water partition coefficient (Wildman–Crippen LogP) is 4.31. The van der Waals surface area contributed by atoms with Gasteiger partial charge >= 0.3 is 0 Å². The first-order chi connectivity index (χ1) is 11.4. The Bertz CT molecular complexity index is 935. The molecule has 0 unspecified atom stereocenters. The van der Waals surface area contributed by atoms with Crippen LogP contribution in [0.3, 0.4) is 0 Å². The molecule has 0 saturated carbocycles. The predicted molar refractivity (Wildman–Crippen MR) is 95.9 cm³/mol. The molecule has 1 aromatic heterocycles. The molecule has 122 valence electrons. The van der Waals surface area contributed by atoms with Crippen molar-refractivity contribution < 1.29 is 0 Å². The molecule has 1 aliphatic carbocycles. The molecule has 0 spiro atoms. The lowest BCUT2D eigenvalue weighted by Gasteiger charge is -2.23. The third-order valence-electron chi connectivity index (χ3n) is 5.24. The quantitative estimate of drug-likeness (QED) is 0.707. The van der Waals surface area contributed by atoms with Crippen LogP contribution in [0.4, 0.5) is 0 Å². The molecule has 4 heteroatoms.